The molecule has 2 heterocycles. The molecule has 0 unspecified atom stereocenters. The topological polar surface area (TPSA) is 53.4 Å². The molecular weight excluding hydrogens is 323 g/mol. The lowest BCUT2D eigenvalue weighted by Gasteiger charge is -2.20. The van der Waals surface area contributed by atoms with Gasteiger partial charge >= 0.3 is 12.2 Å². The highest BCUT2D eigenvalue weighted by Gasteiger charge is 2.38. The van der Waals surface area contributed by atoms with E-state index >= 15 is 0 Å². The van der Waals surface area contributed by atoms with Crippen molar-refractivity contribution < 1.29 is 18.0 Å². The van der Waals surface area contributed by atoms with E-state index in [9.17, 15) is 18.0 Å². The largest absolute Gasteiger partial charge is 0.435 e. The number of halogens is 3. The maximum atomic E-state index is 12.9. The van der Waals surface area contributed by atoms with E-state index in [0.717, 1.165) is 24.2 Å². The highest BCUT2D eigenvalue weighted by molar-refractivity contribution is 5.89. The Balaban J connectivity index is 2.02. The number of hydrogen-bond acceptors (Lipinski definition) is 3. The highest BCUT2D eigenvalue weighted by atomic mass is 19.4. The minimum atomic E-state index is -4.53. The van der Waals surface area contributed by atoms with E-state index in [1.165, 1.54) is 14.0 Å². The zero-order valence-electron chi connectivity index (χ0n) is 14.4. The van der Waals surface area contributed by atoms with Crippen LogP contribution in [-0.2, 0) is 13.2 Å². The molecule has 2 amide bonds. The second-order valence-electron chi connectivity index (χ2n) is 6.33. The summed E-state index contributed by atoms with van der Waals surface area (Å²) in [5, 5.41) is 6.05. The zero-order chi connectivity index (χ0) is 18.1. The first kappa shape index (κ1) is 18.6. The number of urea groups is 1. The Kier molecular flexibility index (Phi) is 5.42. The Labute approximate surface area is 139 Å². The van der Waals surface area contributed by atoms with Gasteiger partial charge in [-0.05, 0) is 32.9 Å². The smallest absolute Gasteiger partial charge is 0.324 e. The minimum absolute atomic E-state index is 0.0696. The molecular formula is C15H24F3N5O. The summed E-state index contributed by atoms with van der Waals surface area (Å²) in [5.74, 6) is 0.473. The van der Waals surface area contributed by atoms with Crippen LogP contribution >= 0.6 is 0 Å². The summed E-state index contributed by atoms with van der Waals surface area (Å²) >= 11 is 0. The summed E-state index contributed by atoms with van der Waals surface area (Å²) in [6, 6.07) is -0.378. The summed E-state index contributed by atoms with van der Waals surface area (Å²) in [4.78, 5) is 16.2. The normalized spacial score (nSPS) is 18.5. The molecule has 1 fully saturated rings. The van der Waals surface area contributed by atoms with Gasteiger partial charge in [0.05, 0.1) is 0 Å². The molecule has 1 aliphatic heterocycles. The first-order valence-electron chi connectivity index (χ1n) is 7.98. The van der Waals surface area contributed by atoms with Crippen LogP contribution in [0.1, 0.15) is 24.6 Å². The molecule has 1 N–H and O–H groups in total. The number of aryl methyl sites for hydroxylation is 1. The molecule has 0 bridgehead atoms. The lowest BCUT2D eigenvalue weighted by Crippen LogP contribution is -2.35. The number of rotatable bonds is 4. The molecule has 9 heteroatoms. The van der Waals surface area contributed by atoms with Gasteiger partial charge in [-0.1, -0.05) is 6.92 Å². The quantitative estimate of drug-likeness (QED) is 0.911. The molecule has 0 aromatic carbocycles. The SMILES string of the molecule is CCN(C)C[C@H]1CCN(C(=O)Nc2c(C)c(C(F)(F)F)nn2C)C1. The van der Waals surface area contributed by atoms with Gasteiger partial charge < -0.3 is 9.80 Å². The number of hydrogen-bond donors (Lipinski definition) is 1. The van der Waals surface area contributed by atoms with E-state index in [2.05, 4.69) is 22.2 Å². The Hall–Kier alpha value is -1.77. The second-order valence-corrected chi connectivity index (χ2v) is 6.33. The summed E-state index contributed by atoms with van der Waals surface area (Å²) in [6.45, 7) is 6.45. The van der Waals surface area contributed by atoms with Crippen molar-refractivity contribution in [3.8, 4) is 0 Å². The first-order valence-corrected chi connectivity index (χ1v) is 7.98. The van der Waals surface area contributed by atoms with E-state index in [0.29, 0.717) is 19.0 Å². The van der Waals surface area contributed by atoms with Crippen molar-refractivity contribution in [2.75, 3.05) is 38.5 Å². The van der Waals surface area contributed by atoms with Crippen LogP contribution in [-0.4, -0.2) is 58.8 Å². The third kappa shape index (κ3) is 4.00. The summed E-state index contributed by atoms with van der Waals surface area (Å²) < 4.78 is 39.7. The van der Waals surface area contributed by atoms with Crippen molar-refractivity contribution in [2.45, 2.75) is 26.4 Å². The Bertz CT molecular complexity index is 599. The number of alkyl halides is 3. The van der Waals surface area contributed by atoms with Crippen LogP contribution in [0.25, 0.3) is 0 Å². The summed E-state index contributed by atoms with van der Waals surface area (Å²) in [7, 11) is 3.42. The number of carbonyl (C=O) groups excluding carboxylic acids is 1. The fourth-order valence-electron chi connectivity index (χ4n) is 2.99. The maximum Gasteiger partial charge on any atom is 0.435 e. The standard InChI is InChI=1S/C15H24F3N5O/c1-5-21(3)8-11-6-7-23(9-11)14(24)19-13-10(2)12(15(16,17)18)20-22(13)4/h11H,5-9H2,1-4H3,(H,19,24)/t11-/m1/s1. The van der Waals surface area contributed by atoms with Crippen LogP contribution in [0.15, 0.2) is 0 Å². The van der Waals surface area contributed by atoms with Crippen molar-refractivity contribution in [3.05, 3.63) is 11.3 Å². The number of carbonyl (C=O) groups is 1. The van der Waals surface area contributed by atoms with Crippen molar-refractivity contribution in [3.63, 3.8) is 0 Å². The molecule has 0 aliphatic carbocycles. The summed E-state index contributed by atoms with van der Waals surface area (Å²) in [6.07, 6.45) is -3.63. The third-order valence-corrected chi connectivity index (χ3v) is 4.46. The number of nitrogens with zero attached hydrogens (tertiary/aromatic N) is 4. The average Bonchev–Trinajstić information content (AvgIpc) is 3.06. The zero-order valence-corrected chi connectivity index (χ0v) is 14.4. The van der Waals surface area contributed by atoms with E-state index in [4.69, 9.17) is 0 Å². The van der Waals surface area contributed by atoms with Gasteiger partial charge in [0.2, 0.25) is 0 Å². The van der Waals surface area contributed by atoms with Gasteiger partial charge in [0.15, 0.2) is 5.69 Å². The van der Waals surface area contributed by atoms with Gasteiger partial charge in [-0.3, -0.25) is 10.00 Å². The maximum absolute atomic E-state index is 12.9. The van der Waals surface area contributed by atoms with Crippen LogP contribution in [0.4, 0.5) is 23.8 Å². The molecule has 6 nitrogen and oxygen atoms in total. The van der Waals surface area contributed by atoms with E-state index in [1.807, 2.05) is 7.05 Å². The lowest BCUT2D eigenvalue weighted by molar-refractivity contribution is -0.141. The molecule has 1 atom stereocenters. The number of nitrogens with one attached hydrogen (secondary N) is 1. The summed E-state index contributed by atoms with van der Waals surface area (Å²) in [5.41, 5.74) is -1.04. The van der Waals surface area contributed by atoms with Crippen LogP contribution in [0.5, 0.6) is 0 Å². The third-order valence-electron chi connectivity index (χ3n) is 4.46. The average molecular weight is 347 g/mol. The van der Waals surface area contributed by atoms with Gasteiger partial charge in [-0.15, -0.1) is 0 Å². The van der Waals surface area contributed by atoms with Crippen molar-refractivity contribution >= 4 is 11.8 Å². The van der Waals surface area contributed by atoms with Crippen LogP contribution in [0.3, 0.4) is 0 Å². The number of amides is 2. The lowest BCUT2D eigenvalue weighted by atomic mass is 10.1. The highest BCUT2D eigenvalue weighted by Crippen LogP contribution is 2.33. The van der Waals surface area contributed by atoms with Gasteiger partial charge in [-0.25, -0.2) is 4.79 Å². The molecule has 136 valence electrons. The Morgan fingerprint density at radius 1 is 1.46 bits per heavy atom. The van der Waals surface area contributed by atoms with Gasteiger partial charge in [0, 0.05) is 32.2 Å². The van der Waals surface area contributed by atoms with Gasteiger partial charge in [0.1, 0.15) is 5.82 Å². The second kappa shape index (κ2) is 7.00. The van der Waals surface area contributed by atoms with Crippen molar-refractivity contribution in [1.29, 1.82) is 0 Å². The van der Waals surface area contributed by atoms with Crippen LogP contribution in [0.2, 0.25) is 0 Å². The number of anilines is 1. The minimum Gasteiger partial charge on any atom is -0.324 e. The number of likely N-dealkylation sites (tertiary alicyclic amines) is 1. The fraction of sp³-hybridized carbons (Fsp3) is 0.733. The molecule has 1 aliphatic rings. The van der Waals surface area contributed by atoms with Crippen molar-refractivity contribution in [1.82, 2.24) is 19.6 Å². The fourth-order valence-corrected chi connectivity index (χ4v) is 2.99. The Morgan fingerprint density at radius 2 is 2.12 bits per heavy atom. The van der Waals surface area contributed by atoms with Gasteiger partial charge in [0.25, 0.3) is 0 Å². The molecule has 2 rings (SSSR count). The molecule has 1 aromatic heterocycles. The monoisotopic (exact) mass is 347 g/mol. The number of aromatic nitrogens is 2. The predicted octanol–water partition coefficient (Wildman–Crippen LogP) is 2.55. The Morgan fingerprint density at radius 3 is 2.67 bits per heavy atom. The van der Waals surface area contributed by atoms with Gasteiger partial charge in [-0.2, -0.15) is 18.3 Å². The van der Waals surface area contributed by atoms with E-state index in [1.54, 1.807) is 4.90 Å². The molecule has 0 saturated carbocycles. The molecule has 1 saturated heterocycles. The molecule has 1 aromatic rings. The molecule has 0 radical (unpaired) electrons. The van der Waals surface area contributed by atoms with Crippen LogP contribution < -0.4 is 5.32 Å². The van der Waals surface area contributed by atoms with E-state index in [-0.39, 0.29) is 17.4 Å². The van der Waals surface area contributed by atoms with Crippen molar-refractivity contribution in [2.24, 2.45) is 13.0 Å². The predicted molar refractivity (Wildman–Crippen MR) is 84.8 cm³/mol. The molecule has 24 heavy (non-hydrogen) atoms. The van der Waals surface area contributed by atoms with E-state index < -0.39 is 11.9 Å². The van der Waals surface area contributed by atoms with Crippen LogP contribution in [0, 0.1) is 12.8 Å². The molecule has 0 spiro atoms. The first-order chi connectivity index (χ1) is 11.1.